The van der Waals surface area contributed by atoms with Gasteiger partial charge < -0.3 is 0 Å². The van der Waals surface area contributed by atoms with E-state index in [-0.39, 0.29) is 0 Å². The number of hydrogen-bond donors (Lipinski definition) is 0. The molecule has 0 nitrogen and oxygen atoms in total. The third kappa shape index (κ3) is 6.41. The summed E-state index contributed by atoms with van der Waals surface area (Å²) in [6.45, 7) is 15.0. The second kappa shape index (κ2) is 11.8. The zero-order chi connectivity index (χ0) is 15.4. The number of allylic oxidation sites excluding steroid dienone is 7. The molecule has 0 aromatic rings. The Morgan fingerprint density at radius 2 is 1.85 bits per heavy atom. The van der Waals surface area contributed by atoms with Gasteiger partial charge in [-0.15, -0.1) is 6.58 Å². The molecule has 0 heterocycles. The molecule has 0 rings (SSSR count). The highest BCUT2D eigenvalue weighted by molar-refractivity contribution is 5.10. The maximum Gasteiger partial charge on any atom is -0.0135 e. The predicted octanol–water partition coefficient (Wildman–Crippen LogP) is 6.72. The molecule has 0 aliphatic rings. The SMILES string of the molecule is C=CCC(C(=CC)CC)C(CCC=CC)C(C)C=CC. The summed E-state index contributed by atoms with van der Waals surface area (Å²) in [5, 5.41) is 0. The first-order valence-electron chi connectivity index (χ1n) is 8.16. The zero-order valence-electron chi connectivity index (χ0n) is 14.2. The topological polar surface area (TPSA) is 0 Å². The maximum atomic E-state index is 3.98. The van der Waals surface area contributed by atoms with E-state index in [0.717, 1.165) is 12.8 Å². The number of rotatable bonds is 10. The van der Waals surface area contributed by atoms with Crippen LogP contribution in [0, 0.1) is 17.8 Å². The van der Waals surface area contributed by atoms with Crippen molar-refractivity contribution < 1.29 is 0 Å². The molecule has 0 amide bonds. The van der Waals surface area contributed by atoms with Crippen LogP contribution in [0.1, 0.15) is 60.3 Å². The lowest BCUT2D eigenvalue weighted by molar-refractivity contribution is 0.287. The summed E-state index contributed by atoms with van der Waals surface area (Å²) in [5.74, 6) is 1.96. The van der Waals surface area contributed by atoms with Crippen LogP contribution in [0.15, 0.2) is 48.6 Å². The average molecular weight is 274 g/mol. The highest BCUT2D eigenvalue weighted by Gasteiger charge is 2.25. The molecule has 0 bridgehead atoms. The number of hydrogen-bond acceptors (Lipinski definition) is 0. The normalized spacial score (nSPS) is 17.6. The van der Waals surface area contributed by atoms with E-state index < -0.39 is 0 Å². The minimum Gasteiger partial charge on any atom is -0.103 e. The minimum absolute atomic E-state index is 0.622. The van der Waals surface area contributed by atoms with Crippen LogP contribution >= 0.6 is 0 Å². The summed E-state index contributed by atoms with van der Waals surface area (Å²) >= 11 is 0. The van der Waals surface area contributed by atoms with Crippen LogP contribution in [-0.4, -0.2) is 0 Å². The van der Waals surface area contributed by atoms with Gasteiger partial charge in [0.2, 0.25) is 0 Å². The molecule has 0 N–H and O–H groups in total. The van der Waals surface area contributed by atoms with Crippen LogP contribution in [0.3, 0.4) is 0 Å². The standard InChI is InChI=1S/C20H34/c1-7-12-13-16-19(17(6)14-8-2)20(15-9-3)18(10-4)11-5/h7-10,12,14,17,19-20H,3,11,13,15-16H2,1-2,4-6H3. The van der Waals surface area contributed by atoms with Crippen molar-refractivity contribution in [2.75, 3.05) is 0 Å². The van der Waals surface area contributed by atoms with E-state index in [1.165, 1.54) is 12.8 Å². The van der Waals surface area contributed by atoms with Crippen molar-refractivity contribution in [3.05, 3.63) is 48.6 Å². The van der Waals surface area contributed by atoms with Crippen molar-refractivity contribution in [1.82, 2.24) is 0 Å². The summed E-state index contributed by atoms with van der Waals surface area (Å²) < 4.78 is 0. The van der Waals surface area contributed by atoms with Gasteiger partial charge in [-0.3, -0.25) is 0 Å². The van der Waals surface area contributed by atoms with Gasteiger partial charge in [0.15, 0.2) is 0 Å². The van der Waals surface area contributed by atoms with E-state index >= 15 is 0 Å². The van der Waals surface area contributed by atoms with Crippen LogP contribution in [-0.2, 0) is 0 Å². The fourth-order valence-electron chi connectivity index (χ4n) is 3.19. The highest BCUT2D eigenvalue weighted by atomic mass is 14.3. The largest absolute Gasteiger partial charge is 0.103 e. The van der Waals surface area contributed by atoms with Gasteiger partial charge >= 0.3 is 0 Å². The van der Waals surface area contributed by atoms with Gasteiger partial charge in [-0.25, -0.2) is 0 Å². The third-order valence-electron chi connectivity index (χ3n) is 4.27. The first-order valence-corrected chi connectivity index (χ1v) is 8.16. The lowest BCUT2D eigenvalue weighted by Crippen LogP contribution is -2.22. The maximum absolute atomic E-state index is 3.98. The molecule has 20 heavy (non-hydrogen) atoms. The van der Waals surface area contributed by atoms with Gasteiger partial charge in [-0.05, 0) is 64.2 Å². The Morgan fingerprint density at radius 1 is 1.15 bits per heavy atom. The Morgan fingerprint density at radius 3 is 2.30 bits per heavy atom. The fourth-order valence-corrected chi connectivity index (χ4v) is 3.19. The lowest BCUT2D eigenvalue weighted by Gasteiger charge is -2.32. The summed E-state index contributed by atoms with van der Waals surface area (Å²) in [4.78, 5) is 0. The molecule has 0 radical (unpaired) electrons. The molecule has 0 fully saturated rings. The van der Waals surface area contributed by atoms with Crippen LogP contribution in [0.2, 0.25) is 0 Å². The molecule has 0 aromatic heterocycles. The average Bonchev–Trinajstić information content (AvgIpc) is 2.44. The van der Waals surface area contributed by atoms with E-state index in [9.17, 15) is 0 Å². The lowest BCUT2D eigenvalue weighted by atomic mass is 9.73. The second-order valence-electron chi connectivity index (χ2n) is 5.54. The quantitative estimate of drug-likeness (QED) is 0.388. The van der Waals surface area contributed by atoms with Gasteiger partial charge in [-0.2, -0.15) is 0 Å². The van der Waals surface area contributed by atoms with Crippen LogP contribution in [0.4, 0.5) is 0 Å². The van der Waals surface area contributed by atoms with Crippen molar-refractivity contribution >= 4 is 0 Å². The van der Waals surface area contributed by atoms with E-state index in [4.69, 9.17) is 0 Å². The van der Waals surface area contributed by atoms with Crippen LogP contribution in [0.5, 0.6) is 0 Å². The van der Waals surface area contributed by atoms with Crippen LogP contribution < -0.4 is 0 Å². The van der Waals surface area contributed by atoms with Gasteiger partial charge in [0.1, 0.15) is 0 Å². The Kier molecular flexibility index (Phi) is 11.1. The molecule has 0 saturated heterocycles. The molecule has 3 atom stereocenters. The summed E-state index contributed by atoms with van der Waals surface area (Å²) in [5.41, 5.74) is 1.59. The van der Waals surface area contributed by atoms with Crippen molar-refractivity contribution in [2.45, 2.75) is 60.3 Å². The Bertz CT molecular complexity index is 330. The molecular weight excluding hydrogens is 240 g/mol. The minimum atomic E-state index is 0.622. The monoisotopic (exact) mass is 274 g/mol. The first-order chi connectivity index (χ1) is 9.65. The first kappa shape index (κ1) is 19.0. The van der Waals surface area contributed by atoms with Crippen molar-refractivity contribution in [1.29, 1.82) is 0 Å². The van der Waals surface area contributed by atoms with Crippen molar-refractivity contribution in [3.8, 4) is 0 Å². The Balaban J connectivity index is 5.21. The third-order valence-corrected chi connectivity index (χ3v) is 4.27. The molecule has 0 aliphatic heterocycles. The molecule has 114 valence electrons. The van der Waals surface area contributed by atoms with E-state index in [2.05, 4.69) is 77.7 Å². The molecule has 0 saturated carbocycles. The Labute approximate surface area is 127 Å². The van der Waals surface area contributed by atoms with E-state index in [1.54, 1.807) is 5.57 Å². The van der Waals surface area contributed by atoms with E-state index in [1.807, 2.05) is 0 Å². The smallest absolute Gasteiger partial charge is 0.0135 e. The molecular formula is C20H34. The predicted molar refractivity (Wildman–Crippen MR) is 93.9 cm³/mol. The fraction of sp³-hybridized carbons (Fsp3) is 0.600. The Hall–Kier alpha value is -1.04. The molecule has 3 unspecified atom stereocenters. The molecule has 0 heteroatoms. The van der Waals surface area contributed by atoms with Gasteiger partial charge in [0.25, 0.3) is 0 Å². The van der Waals surface area contributed by atoms with Gasteiger partial charge in [-0.1, -0.05) is 55.9 Å². The van der Waals surface area contributed by atoms with Crippen molar-refractivity contribution in [2.24, 2.45) is 17.8 Å². The molecule has 0 aliphatic carbocycles. The molecule has 0 spiro atoms. The van der Waals surface area contributed by atoms with Crippen LogP contribution in [0.25, 0.3) is 0 Å². The van der Waals surface area contributed by atoms with E-state index in [0.29, 0.717) is 17.8 Å². The van der Waals surface area contributed by atoms with Gasteiger partial charge in [0.05, 0.1) is 0 Å². The zero-order valence-corrected chi connectivity index (χ0v) is 14.2. The van der Waals surface area contributed by atoms with Gasteiger partial charge in [0, 0.05) is 0 Å². The second-order valence-corrected chi connectivity index (χ2v) is 5.54. The highest BCUT2D eigenvalue weighted by Crippen LogP contribution is 2.36. The summed E-state index contributed by atoms with van der Waals surface area (Å²) in [7, 11) is 0. The summed E-state index contributed by atoms with van der Waals surface area (Å²) in [6, 6.07) is 0. The van der Waals surface area contributed by atoms with Crippen molar-refractivity contribution in [3.63, 3.8) is 0 Å². The molecule has 0 aromatic carbocycles. The summed E-state index contributed by atoms with van der Waals surface area (Å²) in [6.07, 6.45) is 18.1.